The molecule has 1 fully saturated rings. The lowest BCUT2D eigenvalue weighted by molar-refractivity contribution is 0.248. The highest BCUT2D eigenvalue weighted by molar-refractivity contribution is 5.47. The maximum atomic E-state index is 13.2. The molecule has 3 aromatic carbocycles. The zero-order valence-electron chi connectivity index (χ0n) is 17.3. The monoisotopic (exact) mass is 406 g/mol. The van der Waals surface area contributed by atoms with Crippen LogP contribution in [0.25, 0.3) is 0 Å². The normalized spacial score (nSPS) is 14.5. The Hall–Kier alpha value is -3.05. The zero-order valence-corrected chi connectivity index (χ0v) is 17.3. The maximum Gasteiger partial charge on any atom is 0.161 e. The van der Waals surface area contributed by atoms with Crippen LogP contribution in [0.5, 0.6) is 11.5 Å². The first-order valence-electron chi connectivity index (χ1n) is 10.3. The summed E-state index contributed by atoms with van der Waals surface area (Å²) in [5.74, 6) is 1.32. The number of anilines is 1. The van der Waals surface area contributed by atoms with E-state index in [1.54, 1.807) is 7.11 Å². The summed E-state index contributed by atoms with van der Waals surface area (Å²) >= 11 is 0. The number of hydrogen-bond donors (Lipinski definition) is 0. The summed E-state index contributed by atoms with van der Waals surface area (Å²) in [5, 5.41) is 0. The molecular weight excluding hydrogens is 379 g/mol. The van der Waals surface area contributed by atoms with E-state index in [1.165, 1.54) is 17.7 Å². The molecule has 4 nitrogen and oxygen atoms in total. The molecule has 0 radical (unpaired) electrons. The summed E-state index contributed by atoms with van der Waals surface area (Å²) in [6, 6.07) is 23.0. The quantitative estimate of drug-likeness (QED) is 0.566. The van der Waals surface area contributed by atoms with E-state index in [0.29, 0.717) is 6.61 Å². The Labute approximate surface area is 177 Å². The molecule has 0 saturated carbocycles. The third-order valence-electron chi connectivity index (χ3n) is 5.44. The van der Waals surface area contributed by atoms with E-state index in [0.717, 1.165) is 55.5 Å². The molecule has 1 aliphatic heterocycles. The highest BCUT2D eigenvalue weighted by atomic mass is 19.1. The molecular formula is C25H27FN2O2. The highest BCUT2D eigenvalue weighted by Crippen LogP contribution is 2.29. The number of ether oxygens (including phenoxy) is 2. The fraction of sp³-hybridized carbons (Fsp3) is 0.280. The van der Waals surface area contributed by atoms with Gasteiger partial charge in [0.1, 0.15) is 12.4 Å². The lowest BCUT2D eigenvalue weighted by Gasteiger charge is -2.36. The number of rotatable bonds is 7. The Bertz CT molecular complexity index is 939. The second kappa shape index (κ2) is 9.63. The molecule has 3 aromatic rings. The molecule has 1 aliphatic rings. The van der Waals surface area contributed by atoms with E-state index >= 15 is 0 Å². The smallest absolute Gasteiger partial charge is 0.161 e. The van der Waals surface area contributed by atoms with Crippen LogP contribution in [0.1, 0.15) is 11.1 Å². The molecule has 0 unspecified atom stereocenters. The van der Waals surface area contributed by atoms with E-state index in [4.69, 9.17) is 9.47 Å². The Morgan fingerprint density at radius 2 is 1.53 bits per heavy atom. The third kappa shape index (κ3) is 5.10. The Morgan fingerprint density at radius 1 is 0.800 bits per heavy atom. The average Bonchev–Trinajstić information content (AvgIpc) is 2.80. The molecule has 1 saturated heterocycles. The van der Waals surface area contributed by atoms with E-state index in [9.17, 15) is 4.39 Å². The van der Waals surface area contributed by atoms with Crippen LogP contribution < -0.4 is 14.4 Å². The lowest BCUT2D eigenvalue weighted by Crippen LogP contribution is -2.45. The number of nitrogens with zero attached hydrogens (tertiary/aromatic N) is 2. The van der Waals surface area contributed by atoms with Crippen LogP contribution in [-0.4, -0.2) is 38.2 Å². The van der Waals surface area contributed by atoms with Gasteiger partial charge in [0, 0.05) is 38.4 Å². The van der Waals surface area contributed by atoms with Crippen LogP contribution >= 0.6 is 0 Å². The number of piperazine rings is 1. The second-order valence-electron chi connectivity index (χ2n) is 7.50. The van der Waals surface area contributed by atoms with Crippen molar-refractivity contribution in [2.45, 2.75) is 13.2 Å². The molecule has 156 valence electrons. The fourth-order valence-electron chi connectivity index (χ4n) is 3.74. The molecule has 0 amide bonds. The number of methoxy groups -OCH3 is 1. The predicted octanol–water partition coefficient (Wildman–Crippen LogP) is 4.74. The zero-order chi connectivity index (χ0) is 20.8. The van der Waals surface area contributed by atoms with Crippen molar-refractivity contribution < 1.29 is 13.9 Å². The Morgan fingerprint density at radius 3 is 2.23 bits per heavy atom. The first-order valence-corrected chi connectivity index (χ1v) is 10.3. The number of halogens is 1. The minimum Gasteiger partial charge on any atom is -0.493 e. The van der Waals surface area contributed by atoms with Gasteiger partial charge in [0.05, 0.1) is 7.11 Å². The third-order valence-corrected chi connectivity index (χ3v) is 5.44. The average molecular weight is 407 g/mol. The van der Waals surface area contributed by atoms with Crippen molar-refractivity contribution in [3.05, 3.63) is 89.7 Å². The lowest BCUT2D eigenvalue weighted by atomic mass is 10.1. The van der Waals surface area contributed by atoms with Gasteiger partial charge >= 0.3 is 0 Å². The maximum absolute atomic E-state index is 13.2. The summed E-state index contributed by atoms with van der Waals surface area (Å²) in [4.78, 5) is 4.74. The summed E-state index contributed by atoms with van der Waals surface area (Å²) in [6.45, 7) is 5.16. The number of benzene rings is 3. The van der Waals surface area contributed by atoms with Gasteiger partial charge in [-0.3, -0.25) is 4.90 Å². The molecule has 30 heavy (non-hydrogen) atoms. The summed E-state index contributed by atoms with van der Waals surface area (Å²) in [6.07, 6.45) is 0. The predicted molar refractivity (Wildman–Crippen MR) is 118 cm³/mol. The fourth-order valence-corrected chi connectivity index (χ4v) is 3.74. The number of hydrogen-bond acceptors (Lipinski definition) is 4. The van der Waals surface area contributed by atoms with Crippen molar-refractivity contribution in [1.29, 1.82) is 0 Å². The highest BCUT2D eigenvalue weighted by Gasteiger charge is 2.18. The topological polar surface area (TPSA) is 24.9 Å². The first-order chi connectivity index (χ1) is 14.7. The van der Waals surface area contributed by atoms with Crippen LogP contribution in [0.4, 0.5) is 10.1 Å². The van der Waals surface area contributed by atoms with Gasteiger partial charge in [-0.25, -0.2) is 4.39 Å². The molecule has 0 atom stereocenters. The molecule has 0 bridgehead atoms. The van der Waals surface area contributed by atoms with E-state index in [2.05, 4.69) is 34.1 Å². The van der Waals surface area contributed by atoms with Gasteiger partial charge in [-0.05, 0) is 47.5 Å². The molecule has 0 spiro atoms. The summed E-state index contributed by atoms with van der Waals surface area (Å²) in [5.41, 5.74) is 3.41. The van der Waals surface area contributed by atoms with Gasteiger partial charge in [0.2, 0.25) is 0 Å². The SMILES string of the molecule is COc1ccc(CN2CCN(c3ccc(F)cc3)CC2)cc1OCc1ccccc1. The minimum absolute atomic E-state index is 0.192. The first kappa shape index (κ1) is 20.2. The van der Waals surface area contributed by atoms with Gasteiger partial charge in [0.15, 0.2) is 11.5 Å². The molecule has 0 N–H and O–H groups in total. The molecule has 1 heterocycles. The van der Waals surface area contributed by atoms with Gasteiger partial charge in [-0.2, -0.15) is 0 Å². The summed E-state index contributed by atoms with van der Waals surface area (Å²) < 4.78 is 24.7. The Kier molecular flexibility index (Phi) is 6.50. The van der Waals surface area contributed by atoms with Crippen molar-refractivity contribution in [2.75, 3.05) is 38.2 Å². The second-order valence-corrected chi connectivity index (χ2v) is 7.50. The van der Waals surface area contributed by atoms with Crippen molar-refractivity contribution in [3.63, 3.8) is 0 Å². The van der Waals surface area contributed by atoms with Gasteiger partial charge in [-0.1, -0.05) is 36.4 Å². The van der Waals surface area contributed by atoms with Gasteiger partial charge in [0.25, 0.3) is 0 Å². The Balaban J connectivity index is 1.36. The van der Waals surface area contributed by atoms with Crippen LogP contribution in [0.3, 0.4) is 0 Å². The molecule has 0 aliphatic carbocycles. The molecule has 0 aromatic heterocycles. The van der Waals surface area contributed by atoms with E-state index in [1.807, 2.05) is 36.4 Å². The van der Waals surface area contributed by atoms with Crippen molar-refractivity contribution in [3.8, 4) is 11.5 Å². The van der Waals surface area contributed by atoms with Crippen LogP contribution in [0, 0.1) is 5.82 Å². The van der Waals surface area contributed by atoms with E-state index < -0.39 is 0 Å². The van der Waals surface area contributed by atoms with E-state index in [-0.39, 0.29) is 5.82 Å². The minimum atomic E-state index is -0.192. The van der Waals surface area contributed by atoms with Crippen molar-refractivity contribution in [1.82, 2.24) is 4.90 Å². The van der Waals surface area contributed by atoms with Crippen molar-refractivity contribution in [2.24, 2.45) is 0 Å². The van der Waals surface area contributed by atoms with Crippen LogP contribution in [0.15, 0.2) is 72.8 Å². The van der Waals surface area contributed by atoms with Gasteiger partial charge in [-0.15, -0.1) is 0 Å². The van der Waals surface area contributed by atoms with Crippen LogP contribution in [0.2, 0.25) is 0 Å². The van der Waals surface area contributed by atoms with Crippen LogP contribution in [-0.2, 0) is 13.2 Å². The largest absolute Gasteiger partial charge is 0.493 e. The van der Waals surface area contributed by atoms with Crippen molar-refractivity contribution >= 4 is 5.69 Å². The molecule has 4 rings (SSSR count). The van der Waals surface area contributed by atoms with Gasteiger partial charge < -0.3 is 14.4 Å². The summed E-state index contributed by atoms with van der Waals surface area (Å²) in [7, 11) is 1.67. The molecule has 5 heteroatoms. The standard InChI is InChI=1S/C25H27FN2O2/c1-29-24-12-7-21(17-25(24)30-19-20-5-3-2-4-6-20)18-27-13-15-28(16-14-27)23-10-8-22(26)9-11-23/h2-12,17H,13-16,18-19H2,1H3.